The number of nitrogens with zero attached hydrogens (tertiary/aromatic N) is 2. The number of rotatable bonds is 7. The van der Waals surface area contributed by atoms with E-state index in [-0.39, 0.29) is 18.7 Å². The standard InChI is InChI=1S/C14H21N2O4P/c1-5-11-10-9-13(21(17,18-7-3)19-8-4)20-14(10)16-12(6-2)15-11/h9H,5-8H2,1-4H3. The molecule has 0 aliphatic rings. The lowest BCUT2D eigenvalue weighted by Crippen LogP contribution is -2.08. The molecule has 0 saturated carbocycles. The maximum Gasteiger partial charge on any atom is 0.396 e. The molecule has 0 spiro atoms. The molecule has 2 aromatic rings. The number of furan rings is 1. The van der Waals surface area contributed by atoms with E-state index in [0.29, 0.717) is 18.0 Å². The third-order valence-electron chi connectivity index (χ3n) is 3.02. The Balaban J connectivity index is 2.58. The Bertz CT molecular complexity index is 658. The SMILES string of the molecule is CCOP(=O)(OCC)c1cc2c(CC)nc(CC)nc2o1. The molecule has 0 aliphatic carbocycles. The topological polar surface area (TPSA) is 74.5 Å². The highest BCUT2D eigenvalue weighted by molar-refractivity contribution is 7.61. The minimum absolute atomic E-state index is 0.193. The first-order valence-corrected chi connectivity index (χ1v) is 8.81. The second-order valence-corrected chi connectivity index (χ2v) is 6.38. The van der Waals surface area contributed by atoms with Gasteiger partial charge in [-0.3, -0.25) is 4.57 Å². The molecular formula is C14H21N2O4P. The summed E-state index contributed by atoms with van der Waals surface area (Å²) in [7, 11) is -3.43. The fourth-order valence-corrected chi connectivity index (χ4v) is 3.58. The van der Waals surface area contributed by atoms with Crippen LogP contribution >= 0.6 is 7.60 Å². The van der Waals surface area contributed by atoms with E-state index in [9.17, 15) is 4.57 Å². The molecule has 0 atom stereocenters. The summed E-state index contributed by atoms with van der Waals surface area (Å²) in [5.74, 6) is 0.711. The lowest BCUT2D eigenvalue weighted by atomic mass is 10.2. The molecule has 0 N–H and O–H groups in total. The van der Waals surface area contributed by atoms with Gasteiger partial charge in [0, 0.05) is 12.5 Å². The third-order valence-corrected chi connectivity index (χ3v) is 4.98. The largest absolute Gasteiger partial charge is 0.430 e. The monoisotopic (exact) mass is 312 g/mol. The second kappa shape index (κ2) is 6.69. The van der Waals surface area contributed by atoms with Crippen molar-refractivity contribution in [3.8, 4) is 0 Å². The summed E-state index contributed by atoms with van der Waals surface area (Å²) in [4.78, 5) is 8.83. The van der Waals surface area contributed by atoms with Gasteiger partial charge < -0.3 is 13.5 Å². The molecule has 6 nitrogen and oxygen atoms in total. The van der Waals surface area contributed by atoms with Crippen LogP contribution in [0.2, 0.25) is 0 Å². The van der Waals surface area contributed by atoms with Gasteiger partial charge in [0.15, 0.2) is 0 Å². The number of aryl methyl sites for hydroxylation is 2. The molecule has 2 aromatic heterocycles. The zero-order valence-electron chi connectivity index (χ0n) is 12.9. The van der Waals surface area contributed by atoms with Crippen molar-refractivity contribution in [3.63, 3.8) is 0 Å². The van der Waals surface area contributed by atoms with E-state index >= 15 is 0 Å². The van der Waals surface area contributed by atoms with Crippen molar-refractivity contribution >= 4 is 24.2 Å². The molecule has 0 bridgehead atoms. The molecule has 116 valence electrons. The van der Waals surface area contributed by atoms with Crippen LogP contribution in [0.3, 0.4) is 0 Å². The Kier molecular flexibility index (Phi) is 5.14. The van der Waals surface area contributed by atoms with Crippen LogP contribution in [-0.4, -0.2) is 23.2 Å². The van der Waals surface area contributed by atoms with Crippen molar-refractivity contribution in [1.29, 1.82) is 0 Å². The molecule has 0 radical (unpaired) electrons. The Morgan fingerprint density at radius 2 is 1.76 bits per heavy atom. The molecule has 0 unspecified atom stereocenters. The molecule has 0 fully saturated rings. The van der Waals surface area contributed by atoms with E-state index in [1.165, 1.54) is 0 Å². The first-order chi connectivity index (χ1) is 10.1. The number of fused-ring (bicyclic) bond motifs is 1. The average Bonchev–Trinajstić information content (AvgIpc) is 2.91. The maximum absolute atomic E-state index is 12.8. The van der Waals surface area contributed by atoms with Crippen molar-refractivity contribution in [2.24, 2.45) is 0 Å². The Morgan fingerprint density at radius 3 is 2.29 bits per heavy atom. The van der Waals surface area contributed by atoms with Crippen molar-refractivity contribution in [1.82, 2.24) is 9.97 Å². The van der Waals surface area contributed by atoms with Crippen molar-refractivity contribution in [2.75, 3.05) is 13.2 Å². The predicted octanol–water partition coefficient (Wildman–Crippen LogP) is 3.24. The van der Waals surface area contributed by atoms with Crippen molar-refractivity contribution in [3.05, 3.63) is 17.6 Å². The van der Waals surface area contributed by atoms with E-state index < -0.39 is 7.60 Å². The molecule has 0 aliphatic heterocycles. The van der Waals surface area contributed by atoms with Gasteiger partial charge in [0.05, 0.1) is 24.3 Å². The molecule has 2 heterocycles. The van der Waals surface area contributed by atoms with Gasteiger partial charge in [-0.05, 0) is 20.3 Å². The van der Waals surface area contributed by atoms with Gasteiger partial charge in [-0.25, -0.2) is 4.98 Å². The van der Waals surface area contributed by atoms with Crippen LogP contribution in [0, 0.1) is 0 Å². The van der Waals surface area contributed by atoms with Crippen LogP contribution in [0.15, 0.2) is 10.5 Å². The maximum atomic E-state index is 12.8. The van der Waals surface area contributed by atoms with E-state index in [2.05, 4.69) is 9.97 Å². The lowest BCUT2D eigenvalue weighted by Gasteiger charge is -2.13. The van der Waals surface area contributed by atoms with E-state index in [4.69, 9.17) is 13.5 Å². The quantitative estimate of drug-likeness (QED) is 0.731. The second-order valence-electron chi connectivity index (χ2n) is 4.43. The molecule has 2 rings (SSSR count). The average molecular weight is 312 g/mol. The van der Waals surface area contributed by atoms with Crippen LogP contribution < -0.4 is 5.50 Å². The number of hydrogen-bond donors (Lipinski definition) is 0. The highest BCUT2D eigenvalue weighted by Gasteiger charge is 2.32. The van der Waals surface area contributed by atoms with Crippen LogP contribution in [0.1, 0.15) is 39.2 Å². The Hall–Kier alpha value is -1.23. The normalized spacial score (nSPS) is 12.2. The Labute approximate surface area is 124 Å². The van der Waals surface area contributed by atoms with Crippen LogP contribution in [-0.2, 0) is 26.5 Å². The van der Waals surface area contributed by atoms with Crippen molar-refractivity contribution < 1.29 is 18.0 Å². The molecular weight excluding hydrogens is 291 g/mol. The number of aromatic nitrogens is 2. The van der Waals surface area contributed by atoms with Crippen LogP contribution in [0.4, 0.5) is 0 Å². The summed E-state index contributed by atoms with van der Waals surface area (Å²) in [6.07, 6.45) is 1.46. The number of hydrogen-bond acceptors (Lipinski definition) is 6. The fourth-order valence-electron chi connectivity index (χ4n) is 2.08. The first kappa shape index (κ1) is 16.1. The molecule has 0 aromatic carbocycles. The van der Waals surface area contributed by atoms with Gasteiger partial charge in [-0.15, -0.1) is 0 Å². The van der Waals surface area contributed by atoms with Gasteiger partial charge in [-0.2, -0.15) is 4.98 Å². The van der Waals surface area contributed by atoms with Gasteiger partial charge in [0.2, 0.25) is 11.2 Å². The molecule has 7 heteroatoms. The van der Waals surface area contributed by atoms with E-state index in [1.807, 2.05) is 13.8 Å². The van der Waals surface area contributed by atoms with E-state index in [0.717, 1.165) is 17.5 Å². The first-order valence-electron chi connectivity index (χ1n) is 7.26. The summed E-state index contributed by atoms with van der Waals surface area (Å²) in [5, 5.41) is 0.768. The van der Waals surface area contributed by atoms with Gasteiger partial charge in [0.25, 0.3) is 0 Å². The fraction of sp³-hybridized carbons (Fsp3) is 0.571. The highest BCUT2D eigenvalue weighted by Crippen LogP contribution is 2.47. The Morgan fingerprint density at radius 1 is 1.10 bits per heavy atom. The van der Waals surface area contributed by atoms with Crippen LogP contribution in [0.5, 0.6) is 0 Å². The summed E-state index contributed by atoms with van der Waals surface area (Å²) < 4.78 is 29.0. The molecule has 0 amide bonds. The summed E-state index contributed by atoms with van der Waals surface area (Å²) in [6, 6.07) is 1.68. The van der Waals surface area contributed by atoms with Gasteiger partial charge in [-0.1, -0.05) is 13.8 Å². The van der Waals surface area contributed by atoms with Gasteiger partial charge >= 0.3 is 7.60 Å². The highest BCUT2D eigenvalue weighted by atomic mass is 31.2. The van der Waals surface area contributed by atoms with Crippen LogP contribution in [0.25, 0.3) is 11.1 Å². The smallest absolute Gasteiger partial charge is 0.396 e. The van der Waals surface area contributed by atoms with Crippen molar-refractivity contribution in [2.45, 2.75) is 40.5 Å². The zero-order valence-corrected chi connectivity index (χ0v) is 13.8. The molecule has 21 heavy (non-hydrogen) atoms. The summed E-state index contributed by atoms with van der Waals surface area (Å²) in [6.45, 7) is 8.08. The summed E-state index contributed by atoms with van der Waals surface area (Å²) in [5.41, 5.74) is 1.51. The van der Waals surface area contributed by atoms with E-state index in [1.54, 1.807) is 19.9 Å². The molecule has 0 saturated heterocycles. The minimum atomic E-state index is -3.43. The zero-order chi connectivity index (χ0) is 15.5. The summed E-state index contributed by atoms with van der Waals surface area (Å²) >= 11 is 0. The van der Waals surface area contributed by atoms with Gasteiger partial charge in [0.1, 0.15) is 5.82 Å². The lowest BCUT2D eigenvalue weighted by molar-refractivity contribution is 0.226. The minimum Gasteiger partial charge on any atom is -0.430 e. The predicted molar refractivity (Wildman–Crippen MR) is 81.1 cm³/mol. The third kappa shape index (κ3) is 3.18.